The number of ether oxygens (including phenoxy) is 1. The van der Waals surface area contributed by atoms with Crippen molar-refractivity contribution < 1.29 is 9.13 Å². The molecule has 1 fully saturated rings. The molecule has 2 aromatic rings. The molecule has 0 spiro atoms. The minimum atomic E-state index is -0.385. The molecule has 0 unspecified atom stereocenters. The van der Waals surface area contributed by atoms with Crippen LogP contribution in [-0.2, 0) is 4.74 Å². The van der Waals surface area contributed by atoms with Crippen molar-refractivity contribution in [2.45, 2.75) is 18.6 Å². The van der Waals surface area contributed by atoms with Gasteiger partial charge in [0, 0.05) is 23.8 Å². The van der Waals surface area contributed by atoms with Gasteiger partial charge in [0.05, 0.1) is 17.2 Å². The molecule has 2 aliphatic heterocycles. The predicted molar refractivity (Wildman–Crippen MR) is 81.0 cm³/mol. The van der Waals surface area contributed by atoms with Crippen LogP contribution in [0, 0.1) is 11.7 Å². The molecule has 0 amide bonds. The number of rotatable bonds is 1. The average molecular weight is 304 g/mol. The first-order valence-electron chi connectivity index (χ1n) is 7.16. The summed E-state index contributed by atoms with van der Waals surface area (Å²) in [5.74, 6) is -0.108. The van der Waals surface area contributed by atoms with E-state index in [4.69, 9.17) is 16.3 Å². The SMILES string of the molecule is Fc1ccc2c(c1Cl)[C@@H]1OCC[C@@H]1[C@H](c1ccccc1)N2. The molecule has 2 nitrogen and oxygen atoms in total. The van der Waals surface area contributed by atoms with Crippen LogP contribution in [0.1, 0.15) is 29.7 Å². The summed E-state index contributed by atoms with van der Waals surface area (Å²) in [6.07, 6.45) is 0.818. The zero-order valence-corrected chi connectivity index (χ0v) is 12.1. The molecule has 2 heterocycles. The molecule has 0 radical (unpaired) electrons. The van der Waals surface area contributed by atoms with Gasteiger partial charge in [-0.3, -0.25) is 0 Å². The Labute approximate surface area is 127 Å². The van der Waals surface area contributed by atoms with E-state index in [0.29, 0.717) is 6.61 Å². The van der Waals surface area contributed by atoms with Crippen LogP contribution in [0.25, 0.3) is 0 Å². The van der Waals surface area contributed by atoms with Crippen molar-refractivity contribution in [1.82, 2.24) is 0 Å². The number of fused-ring (bicyclic) bond motifs is 3. The number of hydrogen-bond acceptors (Lipinski definition) is 2. The van der Waals surface area contributed by atoms with Gasteiger partial charge in [-0.15, -0.1) is 0 Å². The first-order valence-corrected chi connectivity index (χ1v) is 7.54. The summed E-state index contributed by atoms with van der Waals surface area (Å²) in [7, 11) is 0. The van der Waals surface area contributed by atoms with Crippen molar-refractivity contribution in [1.29, 1.82) is 0 Å². The maximum atomic E-state index is 13.8. The van der Waals surface area contributed by atoms with Gasteiger partial charge in [0.25, 0.3) is 0 Å². The summed E-state index contributed by atoms with van der Waals surface area (Å²) >= 11 is 6.18. The lowest BCUT2D eigenvalue weighted by Crippen LogP contribution is -2.29. The molecule has 0 aromatic heterocycles. The summed E-state index contributed by atoms with van der Waals surface area (Å²) in [6, 6.07) is 13.6. The van der Waals surface area contributed by atoms with Crippen LogP contribution in [0.4, 0.5) is 10.1 Å². The molecular formula is C17H15ClFNO. The Bertz CT molecular complexity index is 676. The fourth-order valence-electron chi connectivity index (χ4n) is 3.48. The maximum Gasteiger partial charge on any atom is 0.142 e. The third-order valence-electron chi connectivity index (χ3n) is 4.45. The second-order valence-electron chi connectivity index (χ2n) is 5.60. The maximum absolute atomic E-state index is 13.8. The van der Waals surface area contributed by atoms with Gasteiger partial charge in [-0.05, 0) is 24.1 Å². The first-order chi connectivity index (χ1) is 10.3. The van der Waals surface area contributed by atoms with Gasteiger partial charge in [0.15, 0.2) is 0 Å². The lowest BCUT2D eigenvalue weighted by atomic mass is 9.81. The lowest BCUT2D eigenvalue weighted by Gasteiger charge is -2.37. The van der Waals surface area contributed by atoms with E-state index in [1.54, 1.807) is 6.07 Å². The molecule has 3 atom stereocenters. The number of halogens is 2. The molecule has 1 N–H and O–H groups in total. The Morgan fingerprint density at radius 1 is 1.14 bits per heavy atom. The number of hydrogen-bond donors (Lipinski definition) is 1. The van der Waals surface area contributed by atoms with Crippen molar-refractivity contribution in [3.63, 3.8) is 0 Å². The van der Waals surface area contributed by atoms with Crippen molar-refractivity contribution in [3.05, 3.63) is 64.4 Å². The van der Waals surface area contributed by atoms with Crippen LogP contribution in [0.3, 0.4) is 0 Å². The highest BCUT2D eigenvalue weighted by atomic mass is 35.5. The van der Waals surface area contributed by atoms with Gasteiger partial charge in [-0.25, -0.2) is 4.39 Å². The standard InChI is InChI=1S/C17H15ClFNO/c18-15-12(19)6-7-13-14(15)17-11(8-9-21-17)16(20-13)10-4-2-1-3-5-10/h1-7,11,16-17,20H,8-9H2/t11-,16+,17-/m1/s1. The minimum Gasteiger partial charge on any atom is -0.377 e. The van der Waals surface area contributed by atoms with Gasteiger partial charge in [-0.2, -0.15) is 0 Å². The Morgan fingerprint density at radius 2 is 1.95 bits per heavy atom. The molecule has 4 rings (SSSR count). The number of anilines is 1. The fourth-order valence-corrected chi connectivity index (χ4v) is 3.75. The van der Waals surface area contributed by atoms with Gasteiger partial charge in [-0.1, -0.05) is 41.9 Å². The van der Waals surface area contributed by atoms with E-state index in [-0.39, 0.29) is 28.9 Å². The van der Waals surface area contributed by atoms with Crippen LogP contribution in [0.15, 0.2) is 42.5 Å². The van der Waals surface area contributed by atoms with E-state index in [2.05, 4.69) is 17.4 Å². The molecule has 0 saturated carbocycles. The molecule has 2 aliphatic rings. The predicted octanol–water partition coefficient (Wildman–Crippen LogP) is 4.72. The molecule has 0 bridgehead atoms. The van der Waals surface area contributed by atoms with Gasteiger partial charge >= 0.3 is 0 Å². The Hall–Kier alpha value is -1.58. The van der Waals surface area contributed by atoms with Crippen molar-refractivity contribution >= 4 is 17.3 Å². The first kappa shape index (κ1) is 13.1. The van der Waals surface area contributed by atoms with Crippen LogP contribution in [0.5, 0.6) is 0 Å². The summed E-state index contributed by atoms with van der Waals surface area (Å²) in [5.41, 5.74) is 2.87. The number of nitrogens with one attached hydrogen (secondary N) is 1. The Kier molecular flexibility index (Phi) is 3.12. The highest BCUT2D eigenvalue weighted by molar-refractivity contribution is 6.32. The molecule has 4 heteroatoms. The monoisotopic (exact) mass is 303 g/mol. The Morgan fingerprint density at radius 3 is 2.76 bits per heavy atom. The van der Waals surface area contributed by atoms with E-state index in [9.17, 15) is 4.39 Å². The quantitative estimate of drug-likeness (QED) is 0.823. The topological polar surface area (TPSA) is 21.3 Å². The van der Waals surface area contributed by atoms with Gasteiger partial charge in [0.2, 0.25) is 0 Å². The van der Waals surface area contributed by atoms with Crippen LogP contribution >= 0.6 is 11.6 Å². The largest absolute Gasteiger partial charge is 0.377 e. The smallest absolute Gasteiger partial charge is 0.142 e. The second-order valence-corrected chi connectivity index (χ2v) is 5.98. The summed E-state index contributed by atoms with van der Waals surface area (Å²) in [6.45, 7) is 0.687. The van der Waals surface area contributed by atoms with Crippen LogP contribution in [-0.4, -0.2) is 6.61 Å². The van der Waals surface area contributed by atoms with E-state index in [0.717, 1.165) is 17.7 Å². The lowest BCUT2D eigenvalue weighted by molar-refractivity contribution is 0.0827. The average Bonchev–Trinajstić information content (AvgIpc) is 3.00. The molecule has 1 saturated heterocycles. The van der Waals surface area contributed by atoms with Crippen molar-refractivity contribution in [2.24, 2.45) is 5.92 Å². The molecule has 21 heavy (non-hydrogen) atoms. The van der Waals surface area contributed by atoms with Crippen molar-refractivity contribution in [2.75, 3.05) is 11.9 Å². The molecule has 0 aliphatic carbocycles. The summed E-state index contributed by atoms with van der Waals surface area (Å²) in [4.78, 5) is 0. The normalized spacial score (nSPS) is 26.9. The highest BCUT2D eigenvalue weighted by Crippen LogP contribution is 2.52. The van der Waals surface area contributed by atoms with Gasteiger partial charge < -0.3 is 10.1 Å². The van der Waals surface area contributed by atoms with Crippen molar-refractivity contribution in [3.8, 4) is 0 Å². The highest BCUT2D eigenvalue weighted by Gasteiger charge is 2.42. The molecule has 2 aromatic carbocycles. The third-order valence-corrected chi connectivity index (χ3v) is 4.84. The third kappa shape index (κ3) is 2.03. The molecular weight excluding hydrogens is 289 g/mol. The van der Waals surface area contributed by atoms with E-state index >= 15 is 0 Å². The zero-order chi connectivity index (χ0) is 14.4. The van der Waals surface area contributed by atoms with Gasteiger partial charge in [0.1, 0.15) is 5.82 Å². The number of benzene rings is 2. The fraction of sp³-hybridized carbons (Fsp3) is 0.294. The minimum absolute atomic E-state index is 0.130. The van der Waals surface area contributed by atoms with E-state index in [1.807, 2.05) is 18.2 Å². The van der Waals surface area contributed by atoms with Crippen LogP contribution < -0.4 is 5.32 Å². The van der Waals surface area contributed by atoms with Crippen LogP contribution in [0.2, 0.25) is 5.02 Å². The van der Waals surface area contributed by atoms with E-state index in [1.165, 1.54) is 11.6 Å². The molecule has 108 valence electrons. The summed E-state index contributed by atoms with van der Waals surface area (Å²) in [5, 5.41) is 3.71. The Balaban J connectivity index is 1.83. The second kappa shape index (κ2) is 5.00. The van der Waals surface area contributed by atoms with E-state index < -0.39 is 0 Å². The summed E-state index contributed by atoms with van der Waals surface area (Å²) < 4.78 is 19.6. The zero-order valence-electron chi connectivity index (χ0n) is 11.4.